The largest absolute Gasteiger partial charge is 0.372 e. The first-order chi connectivity index (χ1) is 10.2. The highest BCUT2D eigenvalue weighted by atomic mass is 16.6. The Morgan fingerprint density at radius 1 is 1.62 bits per heavy atom. The molecule has 2 aliphatic rings. The Hall–Kier alpha value is -1.17. The van der Waals surface area contributed by atoms with Crippen LogP contribution < -0.4 is 0 Å². The van der Waals surface area contributed by atoms with Gasteiger partial charge >= 0.3 is 0 Å². The van der Waals surface area contributed by atoms with Crippen LogP contribution in [-0.4, -0.2) is 52.7 Å². The van der Waals surface area contributed by atoms with Gasteiger partial charge in [-0.3, -0.25) is 9.58 Å². The third kappa shape index (κ3) is 3.54. The average molecular weight is 291 g/mol. The minimum atomic E-state index is -0.00764. The molecule has 3 heterocycles. The van der Waals surface area contributed by atoms with Gasteiger partial charge in [-0.1, -0.05) is 6.08 Å². The lowest BCUT2D eigenvalue weighted by Crippen LogP contribution is -2.47. The molecule has 5 nitrogen and oxygen atoms in total. The van der Waals surface area contributed by atoms with E-state index in [2.05, 4.69) is 22.8 Å². The van der Waals surface area contributed by atoms with Gasteiger partial charge in [0.25, 0.3) is 0 Å². The van der Waals surface area contributed by atoms with E-state index in [1.807, 2.05) is 17.9 Å². The van der Waals surface area contributed by atoms with Gasteiger partial charge in [-0.05, 0) is 19.4 Å². The van der Waals surface area contributed by atoms with E-state index >= 15 is 0 Å². The van der Waals surface area contributed by atoms with Crippen molar-refractivity contribution in [1.29, 1.82) is 0 Å². The van der Waals surface area contributed by atoms with Crippen LogP contribution in [0.1, 0.15) is 24.8 Å². The normalized spacial score (nSPS) is 30.0. The molecule has 0 saturated carbocycles. The number of aryl methyl sites for hydroxylation is 1. The summed E-state index contributed by atoms with van der Waals surface area (Å²) in [6.45, 7) is 8.12. The Morgan fingerprint density at radius 3 is 3.29 bits per heavy atom. The van der Waals surface area contributed by atoms with E-state index in [9.17, 15) is 0 Å². The second-order valence-corrected chi connectivity index (χ2v) is 6.28. The number of aromatic nitrogens is 2. The summed E-state index contributed by atoms with van der Waals surface area (Å²) in [5, 5.41) is 4.25. The van der Waals surface area contributed by atoms with Gasteiger partial charge in [-0.15, -0.1) is 6.58 Å². The van der Waals surface area contributed by atoms with Crippen molar-refractivity contribution < 1.29 is 9.47 Å². The van der Waals surface area contributed by atoms with Crippen molar-refractivity contribution >= 4 is 0 Å². The molecule has 3 rings (SSSR count). The predicted octanol–water partition coefficient (Wildman–Crippen LogP) is 1.75. The van der Waals surface area contributed by atoms with E-state index < -0.39 is 0 Å². The number of piperidine rings is 1. The van der Waals surface area contributed by atoms with Gasteiger partial charge in [-0.2, -0.15) is 5.10 Å². The third-order valence-corrected chi connectivity index (χ3v) is 4.41. The van der Waals surface area contributed by atoms with Crippen LogP contribution in [0.4, 0.5) is 0 Å². The Labute approximate surface area is 126 Å². The van der Waals surface area contributed by atoms with Crippen LogP contribution in [-0.2, 0) is 23.1 Å². The van der Waals surface area contributed by atoms with E-state index in [1.165, 1.54) is 12.0 Å². The van der Waals surface area contributed by atoms with Gasteiger partial charge < -0.3 is 9.47 Å². The highest BCUT2D eigenvalue weighted by molar-refractivity contribution is 5.05. The topological polar surface area (TPSA) is 39.5 Å². The first-order valence-corrected chi connectivity index (χ1v) is 7.75. The first-order valence-electron chi connectivity index (χ1n) is 7.75. The van der Waals surface area contributed by atoms with E-state index in [1.54, 1.807) is 6.08 Å². The van der Waals surface area contributed by atoms with Crippen molar-refractivity contribution in [3.05, 3.63) is 30.6 Å². The van der Waals surface area contributed by atoms with Crippen LogP contribution in [0.2, 0.25) is 0 Å². The summed E-state index contributed by atoms with van der Waals surface area (Å²) in [6, 6.07) is 0. The summed E-state index contributed by atoms with van der Waals surface area (Å²) >= 11 is 0. The zero-order chi connectivity index (χ0) is 14.7. The van der Waals surface area contributed by atoms with Crippen LogP contribution in [0, 0.1) is 0 Å². The molecule has 2 saturated heterocycles. The molecule has 1 aromatic rings. The van der Waals surface area contributed by atoms with Crippen LogP contribution in [0.15, 0.2) is 25.0 Å². The number of hydrogen-bond donors (Lipinski definition) is 0. The lowest BCUT2D eigenvalue weighted by Gasteiger charge is -2.39. The maximum absolute atomic E-state index is 6.14. The van der Waals surface area contributed by atoms with Gasteiger partial charge in [0.15, 0.2) is 0 Å². The van der Waals surface area contributed by atoms with Gasteiger partial charge in [0, 0.05) is 38.3 Å². The van der Waals surface area contributed by atoms with Crippen LogP contribution in [0.25, 0.3) is 0 Å². The smallest absolute Gasteiger partial charge is 0.0841 e. The SMILES string of the molecule is C=CCO[C@H]1CO[C@]2(CCCN(Cc3cnn(C)c3)C2)C1. The fraction of sp³-hybridized carbons (Fsp3) is 0.688. The van der Waals surface area contributed by atoms with Gasteiger partial charge in [0.1, 0.15) is 0 Å². The fourth-order valence-electron chi connectivity index (χ4n) is 3.54. The Balaban J connectivity index is 1.57. The van der Waals surface area contributed by atoms with Crippen molar-refractivity contribution in [2.24, 2.45) is 7.05 Å². The number of hydrogen-bond acceptors (Lipinski definition) is 4. The lowest BCUT2D eigenvalue weighted by atomic mass is 9.89. The minimum absolute atomic E-state index is 0.00764. The van der Waals surface area contributed by atoms with E-state index in [-0.39, 0.29) is 11.7 Å². The molecule has 1 spiro atoms. The molecule has 5 heteroatoms. The van der Waals surface area contributed by atoms with E-state index in [0.29, 0.717) is 13.2 Å². The molecule has 0 N–H and O–H groups in total. The van der Waals surface area contributed by atoms with Crippen molar-refractivity contribution in [3.63, 3.8) is 0 Å². The summed E-state index contributed by atoms with van der Waals surface area (Å²) in [5.41, 5.74) is 1.26. The number of likely N-dealkylation sites (tertiary alicyclic amines) is 1. The molecule has 0 radical (unpaired) electrons. The monoisotopic (exact) mass is 291 g/mol. The lowest BCUT2D eigenvalue weighted by molar-refractivity contribution is -0.0544. The Morgan fingerprint density at radius 2 is 2.52 bits per heavy atom. The summed E-state index contributed by atoms with van der Waals surface area (Å²) in [4.78, 5) is 2.48. The summed E-state index contributed by atoms with van der Waals surface area (Å²) in [6.07, 6.45) is 9.41. The summed E-state index contributed by atoms with van der Waals surface area (Å²) in [7, 11) is 1.96. The zero-order valence-corrected chi connectivity index (χ0v) is 12.8. The highest BCUT2D eigenvalue weighted by Gasteiger charge is 2.43. The molecule has 2 atom stereocenters. The molecule has 1 aromatic heterocycles. The molecule has 0 aliphatic carbocycles. The molecular weight excluding hydrogens is 266 g/mol. The minimum Gasteiger partial charge on any atom is -0.372 e. The van der Waals surface area contributed by atoms with Crippen molar-refractivity contribution in [1.82, 2.24) is 14.7 Å². The Kier molecular flexibility index (Phi) is 4.42. The molecule has 21 heavy (non-hydrogen) atoms. The first kappa shape index (κ1) is 14.8. The maximum atomic E-state index is 6.14. The molecule has 0 bridgehead atoms. The quantitative estimate of drug-likeness (QED) is 0.775. The van der Waals surface area contributed by atoms with Crippen molar-refractivity contribution in [2.75, 3.05) is 26.3 Å². The van der Waals surface area contributed by atoms with E-state index in [4.69, 9.17) is 9.47 Å². The zero-order valence-electron chi connectivity index (χ0n) is 12.8. The molecule has 0 amide bonds. The van der Waals surface area contributed by atoms with Crippen molar-refractivity contribution in [3.8, 4) is 0 Å². The van der Waals surface area contributed by atoms with Gasteiger partial charge in [0.05, 0.1) is 31.1 Å². The van der Waals surface area contributed by atoms with E-state index in [0.717, 1.165) is 32.5 Å². The van der Waals surface area contributed by atoms with Crippen LogP contribution in [0.3, 0.4) is 0 Å². The molecule has 2 fully saturated rings. The summed E-state index contributed by atoms with van der Waals surface area (Å²) < 4.78 is 13.8. The maximum Gasteiger partial charge on any atom is 0.0841 e. The molecule has 116 valence electrons. The standard InChI is InChI=1S/C16H25N3O2/c1-3-7-20-15-8-16(21-12-15)5-4-6-19(13-16)11-14-9-17-18(2)10-14/h3,9-10,15H,1,4-8,11-13H2,2H3/t15-,16-/m1/s1. The highest BCUT2D eigenvalue weighted by Crippen LogP contribution is 2.36. The predicted molar refractivity (Wildman–Crippen MR) is 81.0 cm³/mol. The number of rotatable bonds is 5. The van der Waals surface area contributed by atoms with Crippen LogP contribution in [0.5, 0.6) is 0 Å². The molecule has 0 aromatic carbocycles. The third-order valence-electron chi connectivity index (χ3n) is 4.41. The fourth-order valence-corrected chi connectivity index (χ4v) is 3.54. The molecule has 0 unspecified atom stereocenters. The summed E-state index contributed by atoms with van der Waals surface area (Å²) in [5.74, 6) is 0. The Bertz CT molecular complexity index is 488. The van der Waals surface area contributed by atoms with Gasteiger partial charge in [-0.25, -0.2) is 0 Å². The molecule has 2 aliphatic heterocycles. The average Bonchev–Trinajstić information content (AvgIpc) is 3.04. The number of nitrogens with zero attached hydrogens (tertiary/aromatic N) is 3. The molecular formula is C16H25N3O2. The second-order valence-electron chi connectivity index (χ2n) is 6.28. The second kappa shape index (κ2) is 6.30. The van der Waals surface area contributed by atoms with Crippen LogP contribution >= 0.6 is 0 Å². The van der Waals surface area contributed by atoms with Gasteiger partial charge in [0.2, 0.25) is 0 Å². The van der Waals surface area contributed by atoms with Crippen molar-refractivity contribution in [2.45, 2.75) is 37.5 Å². The number of ether oxygens (including phenoxy) is 2.